The van der Waals surface area contributed by atoms with Gasteiger partial charge in [0.2, 0.25) is 5.91 Å². The lowest BCUT2D eigenvalue weighted by Gasteiger charge is -2.08. The number of carbonyl (C=O) groups is 1. The van der Waals surface area contributed by atoms with Crippen molar-refractivity contribution in [2.24, 2.45) is 0 Å². The number of aromatic nitrogens is 1. The number of benzene rings is 2. The summed E-state index contributed by atoms with van der Waals surface area (Å²) in [6.45, 7) is 0.293. The number of carbonyl (C=O) groups excluding carboxylic acids is 1. The molecule has 2 aromatic carbocycles. The lowest BCUT2D eigenvalue weighted by atomic mass is 10.1. The van der Waals surface area contributed by atoms with Crippen molar-refractivity contribution >= 4 is 5.91 Å². The first kappa shape index (κ1) is 17.7. The number of hydrogen-bond acceptors (Lipinski definition) is 4. The second-order valence-corrected chi connectivity index (χ2v) is 5.78. The fourth-order valence-electron chi connectivity index (χ4n) is 2.67. The third-order valence-electron chi connectivity index (χ3n) is 4.04. The lowest BCUT2D eigenvalue weighted by Crippen LogP contribution is -2.23. The van der Waals surface area contributed by atoms with E-state index in [1.165, 1.54) is 12.1 Å². The molecule has 0 aliphatic heterocycles. The third kappa shape index (κ3) is 4.27. The van der Waals surface area contributed by atoms with Crippen molar-refractivity contribution in [3.63, 3.8) is 0 Å². The van der Waals surface area contributed by atoms with Crippen LogP contribution in [0.1, 0.15) is 17.5 Å². The zero-order valence-electron chi connectivity index (χ0n) is 14.4. The Labute approximate surface area is 150 Å². The van der Waals surface area contributed by atoms with Gasteiger partial charge < -0.3 is 14.6 Å². The Morgan fingerprint density at radius 3 is 2.69 bits per heavy atom. The Morgan fingerprint density at radius 1 is 1.15 bits per heavy atom. The van der Waals surface area contributed by atoms with Crippen LogP contribution in [0.5, 0.6) is 5.75 Å². The van der Waals surface area contributed by atoms with E-state index in [9.17, 15) is 9.18 Å². The zero-order valence-corrected chi connectivity index (χ0v) is 14.4. The number of para-hydroxylation sites is 1. The van der Waals surface area contributed by atoms with Gasteiger partial charge in [-0.15, -0.1) is 0 Å². The molecule has 0 spiro atoms. The number of methoxy groups -OCH3 is 1. The Morgan fingerprint density at radius 2 is 1.92 bits per heavy atom. The molecule has 0 aliphatic carbocycles. The van der Waals surface area contributed by atoms with Crippen LogP contribution in [0.2, 0.25) is 0 Å². The number of nitrogens with one attached hydrogen (secondary N) is 1. The van der Waals surface area contributed by atoms with E-state index in [-0.39, 0.29) is 11.7 Å². The molecule has 26 heavy (non-hydrogen) atoms. The highest BCUT2D eigenvalue weighted by Gasteiger charge is 2.12. The summed E-state index contributed by atoms with van der Waals surface area (Å²) in [6.07, 6.45) is 2.49. The Bertz CT molecular complexity index is 875. The molecule has 3 aromatic rings. The number of hydrogen-bond donors (Lipinski definition) is 1. The van der Waals surface area contributed by atoms with Crippen LogP contribution in [-0.4, -0.2) is 18.2 Å². The molecule has 0 atom stereocenters. The van der Waals surface area contributed by atoms with Gasteiger partial charge >= 0.3 is 0 Å². The summed E-state index contributed by atoms with van der Waals surface area (Å²) in [5.41, 5.74) is 2.44. The molecule has 0 saturated heterocycles. The monoisotopic (exact) mass is 354 g/mol. The molecule has 0 radical (unpaired) electrons. The molecule has 6 heteroatoms. The molecule has 0 fully saturated rings. The van der Waals surface area contributed by atoms with Gasteiger partial charge in [-0.2, -0.15) is 0 Å². The van der Waals surface area contributed by atoms with Gasteiger partial charge in [0, 0.05) is 24.1 Å². The standard InChI is InChI=1S/C20H19FN2O3/c1-25-18-5-3-2-4-14(18)8-11-19(24)22-12-16-13-23-26-20(16)15-6-9-17(21)10-7-15/h2-7,9-10,13H,8,11-12H2,1H3,(H,22,24). The maximum Gasteiger partial charge on any atom is 0.220 e. The van der Waals surface area contributed by atoms with Crippen molar-refractivity contribution in [1.82, 2.24) is 10.5 Å². The summed E-state index contributed by atoms with van der Waals surface area (Å²) in [6, 6.07) is 13.6. The molecule has 1 heterocycles. The molecule has 1 aromatic heterocycles. The Kier molecular flexibility index (Phi) is 5.63. The van der Waals surface area contributed by atoms with E-state index < -0.39 is 0 Å². The van der Waals surface area contributed by atoms with E-state index >= 15 is 0 Å². The first-order valence-electron chi connectivity index (χ1n) is 8.25. The number of aryl methyl sites for hydroxylation is 1. The van der Waals surface area contributed by atoms with Crippen molar-refractivity contribution in [1.29, 1.82) is 0 Å². The third-order valence-corrected chi connectivity index (χ3v) is 4.04. The van der Waals surface area contributed by atoms with Crippen molar-refractivity contribution in [3.05, 3.63) is 71.7 Å². The normalized spacial score (nSPS) is 10.5. The molecular formula is C20H19FN2O3. The topological polar surface area (TPSA) is 64.4 Å². The minimum absolute atomic E-state index is 0.0813. The van der Waals surface area contributed by atoms with Crippen LogP contribution in [0.25, 0.3) is 11.3 Å². The van der Waals surface area contributed by atoms with Gasteiger partial charge in [0.15, 0.2) is 5.76 Å². The van der Waals surface area contributed by atoms with Crippen molar-refractivity contribution in [2.45, 2.75) is 19.4 Å². The van der Waals surface area contributed by atoms with Gasteiger partial charge in [0.05, 0.1) is 13.3 Å². The van der Waals surface area contributed by atoms with Crippen LogP contribution >= 0.6 is 0 Å². The predicted octanol–water partition coefficient (Wildman–Crippen LogP) is 3.74. The average Bonchev–Trinajstić information content (AvgIpc) is 3.14. The molecule has 1 amide bonds. The van der Waals surface area contributed by atoms with E-state index in [1.807, 2.05) is 24.3 Å². The maximum atomic E-state index is 13.0. The number of amides is 1. The van der Waals surface area contributed by atoms with Crippen LogP contribution in [0.4, 0.5) is 4.39 Å². The zero-order chi connectivity index (χ0) is 18.4. The largest absolute Gasteiger partial charge is 0.496 e. The highest BCUT2D eigenvalue weighted by molar-refractivity contribution is 5.76. The number of ether oxygens (including phenoxy) is 1. The van der Waals surface area contributed by atoms with Crippen molar-refractivity contribution in [2.75, 3.05) is 7.11 Å². The molecule has 5 nitrogen and oxygen atoms in total. The number of halogens is 1. The van der Waals surface area contributed by atoms with E-state index in [0.29, 0.717) is 30.7 Å². The molecule has 134 valence electrons. The predicted molar refractivity (Wildman–Crippen MR) is 95.1 cm³/mol. The summed E-state index contributed by atoms with van der Waals surface area (Å²) >= 11 is 0. The average molecular weight is 354 g/mol. The molecule has 0 unspecified atom stereocenters. The van der Waals surface area contributed by atoms with Gasteiger partial charge in [-0.25, -0.2) is 4.39 Å². The summed E-state index contributed by atoms with van der Waals surface area (Å²) in [5.74, 6) is 0.898. The van der Waals surface area contributed by atoms with Crippen LogP contribution in [0, 0.1) is 5.82 Å². The number of rotatable bonds is 7. The van der Waals surface area contributed by atoms with Crippen LogP contribution in [0.15, 0.2) is 59.3 Å². The minimum Gasteiger partial charge on any atom is -0.496 e. The highest BCUT2D eigenvalue weighted by atomic mass is 19.1. The fourth-order valence-corrected chi connectivity index (χ4v) is 2.67. The van der Waals surface area contributed by atoms with E-state index in [4.69, 9.17) is 9.26 Å². The lowest BCUT2D eigenvalue weighted by molar-refractivity contribution is -0.121. The molecule has 0 bridgehead atoms. The maximum absolute atomic E-state index is 13.0. The van der Waals surface area contributed by atoms with E-state index in [1.54, 1.807) is 25.4 Å². The summed E-state index contributed by atoms with van der Waals surface area (Å²) in [7, 11) is 1.61. The Balaban J connectivity index is 1.57. The van der Waals surface area contributed by atoms with Crippen LogP contribution < -0.4 is 10.1 Å². The summed E-state index contributed by atoms with van der Waals surface area (Å²) in [4.78, 5) is 12.2. The quantitative estimate of drug-likeness (QED) is 0.702. The van der Waals surface area contributed by atoms with Crippen molar-refractivity contribution < 1.29 is 18.4 Å². The number of nitrogens with zero attached hydrogens (tertiary/aromatic N) is 1. The van der Waals surface area contributed by atoms with Gasteiger partial charge in [-0.1, -0.05) is 23.4 Å². The fraction of sp³-hybridized carbons (Fsp3) is 0.200. The van der Waals surface area contributed by atoms with E-state index in [0.717, 1.165) is 16.9 Å². The molecule has 1 N–H and O–H groups in total. The highest BCUT2D eigenvalue weighted by Crippen LogP contribution is 2.24. The smallest absolute Gasteiger partial charge is 0.220 e. The minimum atomic E-state index is -0.320. The molecule has 3 rings (SSSR count). The Hall–Kier alpha value is -3.15. The SMILES string of the molecule is COc1ccccc1CCC(=O)NCc1cnoc1-c1ccc(F)cc1. The molecular weight excluding hydrogens is 335 g/mol. The second-order valence-electron chi connectivity index (χ2n) is 5.78. The summed E-state index contributed by atoms with van der Waals surface area (Å²) in [5, 5.41) is 6.64. The van der Waals surface area contributed by atoms with E-state index in [2.05, 4.69) is 10.5 Å². The van der Waals surface area contributed by atoms with Crippen LogP contribution in [0.3, 0.4) is 0 Å². The van der Waals surface area contributed by atoms with Gasteiger partial charge in [0.1, 0.15) is 11.6 Å². The van der Waals surface area contributed by atoms with Gasteiger partial charge in [0.25, 0.3) is 0 Å². The van der Waals surface area contributed by atoms with Crippen molar-refractivity contribution in [3.8, 4) is 17.1 Å². The molecule has 0 aliphatic rings. The first-order chi connectivity index (χ1) is 12.7. The van der Waals surface area contributed by atoms with Gasteiger partial charge in [-0.3, -0.25) is 4.79 Å². The summed E-state index contributed by atoms with van der Waals surface area (Å²) < 4.78 is 23.6. The molecule has 0 saturated carbocycles. The second kappa shape index (κ2) is 8.29. The first-order valence-corrected chi connectivity index (χ1v) is 8.25. The van der Waals surface area contributed by atoms with Crippen LogP contribution in [-0.2, 0) is 17.8 Å². The van der Waals surface area contributed by atoms with Gasteiger partial charge in [-0.05, 0) is 42.3 Å².